The van der Waals surface area contributed by atoms with E-state index < -0.39 is 17.3 Å². The molecule has 0 atom stereocenters. The molecule has 0 bridgehead atoms. The zero-order valence-electron chi connectivity index (χ0n) is 13.0. The van der Waals surface area contributed by atoms with E-state index in [-0.39, 0.29) is 17.7 Å². The quantitative estimate of drug-likeness (QED) is 0.691. The van der Waals surface area contributed by atoms with E-state index in [0.29, 0.717) is 15.9 Å². The summed E-state index contributed by atoms with van der Waals surface area (Å²) in [5.41, 5.74) is 0.202. The number of fused-ring (bicyclic) bond motifs is 1. The average Bonchev–Trinajstić information content (AvgIpc) is 2.56. The van der Waals surface area contributed by atoms with Gasteiger partial charge in [0.05, 0.1) is 11.6 Å². The van der Waals surface area contributed by atoms with Crippen LogP contribution in [-0.2, 0) is 0 Å². The monoisotopic (exact) mass is 343 g/mol. The summed E-state index contributed by atoms with van der Waals surface area (Å²) < 4.78 is 36.2. The summed E-state index contributed by atoms with van der Waals surface area (Å²) in [6, 6.07) is 8.63. The molecule has 24 heavy (non-hydrogen) atoms. The fraction of sp³-hybridized carbons (Fsp3) is 0. The van der Waals surface area contributed by atoms with Crippen molar-refractivity contribution >= 4 is 40.1 Å². The van der Waals surface area contributed by atoms with Crippen LogP contribution in [0.3, 0.4) is 0 Å². The highest BCUT2D eigenvalue weighted by Crippen LogP contribution is 2.29. The van der Waals surface area contributed by atoms with E-state index in [9.17, 15) is 8.78 Å². The lowest BCUT2D eigenvalue weighted by Crippen LogP contribution is -2.01. The number of nitrogens with one attached hydrogen (secondary N) is 1. The van der Waals surface area contributed by atoms with Gasteiger partial charge in [-0.05, 0) is 42.0 Å². The fourth-order valence-electron chi connectivity index (χ4n) is 2.14. The smallest absolute Gasteiger partial charge is 0.150 e. The van der Waals surface area contributed by atoms with Gasteiger partial charge in [0.25, 0.3) is 0 Å². The van der Waals surface area contributed by atoms with Crippen molar-refractivity contribution in [3.05, 3.63) is 64.9 Å². The molecule has 2 aromatic carbocycles. The molecule has 0 aliphatic rings. The summed E-state index contributed by atoms with van der Waals surface area (Å²) >= 11 is 5.95. The Bertz CT molecular complexity index is 1020. The second-order valence-corrected chi connectivity index (χ2v) is 5.22. The summed E-state index contributed by atoms with van der Waals surface area (Å²) in [5.74, 6) is -1.66. The molecular formula is C17H9ClF2N4. The molecule has 4 nitrogen and oxygen atoms in total. The second kappa shape index (κ2) is 6.60. The highest BCUT2D eigenvalue weighted by atomic mass is 35.5. The molecule has 7 heteroatoms. The van der Waals surface area contributed by atoms with Gasteiger partial charge in [0, 0.05) is 16.5 Å². The molecule has 0 aliphatic carbocycles. The Morgan fingerprint density at radius 1 is 1.21 bits per heavy atom. The molecule has 118 valence electrons. The van der Waals surface area contributed by atoms with Gasteiger partial charge in [0.1, 0.15) is 30.8 Å². The van der Waals surface area contributed by atoms with Gasteiger partial charge in [-0.2, -0.15) is 5.26 Å². The van der Waals surface area contributed by atoms with Crippen molar-refractivity contribution in [3.63, 3.8) is 0 Å². The maximum Gasteiger partial charge on any atom is 0.150 e. The number of allylic oxidation sites excluding steroid dienone is 1. The van der Waals surface area contributed by atoms with Crippen LogP contribution in [0.5, 0.6) is 0 Å². The minimum Gasteiger partial charge on any atom is -0.335 e. The Morgan fingerprint density at radius 3 is 2.67 bits per heavy atom. The lowest BCUT2D eigenvalue weighted by molar-refractivity contribution is 0.590. The van der Waals surface area contributed by atoms with Gasteiger partial charge >= 0.3 is 0 Å². The maximum absolute atomic E-state index is 14.3. The van der Waals surface area contributed by atoms with Crippen LogP contribution in [0.4, 0.5) is 20.3 Å². The van der Waals surface area contributed by atoms with Crippen LogP contribution in [0.15, 0.2) is 42.7 Å². The number of benzene rings is 2. The standard InChI is InChI=1S/C17H9ClF2N4/c18-11-3-4-15-12(8-11)17(23-9-22-15)24-16-13(19)6-10(2-1-5-21)7-14(16)20/h1-4,6-9H,(H,22,23,24)/i9D. The van der Waals surface area contributed by atoms with E-state index in [1.807, 2.05) is 0 Å². The zero-order valence-corrected chi connectivity index (χ0v) is 12.8. The van der Waals surface area contributed by atoms with Gasteiger partial charge < -0.3 is 5.32 Å². The van der Waals surface area contributed by atoms with Crippen molar-refractivity contribution in [1.82, 2.24) is 9.97 Å². The molecule has 0 spiro atoms. The SMILES string of the molecule is [2H]c1nc(Nc2c(F)cc(C=CC#N)cc2F)c2cc(Cl)ccc2n1. The van der Waals surface area contributed by atoms with Gasteiger partial charge in [-0.25, -0.2) is 18.7 Å². The zero-order chi connectivity index (χ0) is 18.0. The predicted octanol–water partition coefficient (Wildman–Crippen LogP) is 4.84. The molecule has 3 rings (SSSR count). The molecule has 3 aromatic rings. The molecule has 0 radical (unpaired) electrons. The molecule has 0 saturated carbocycles. The van der Waals surface area contributed by atoms with Crippen LogP contribution in [0, 0.1) is 23.0 Å². The van der Waals surface area contributed by atoms with Crippen molar-refractivity contribution in [2.45, 2.75) is 0 Å². The van der Waals surface area contributed by atoms with E-state index in [0.717, 1.165) is 18.2 Å². The average molecular weight is 344 g/mol. The van der Waals surface area contributed by atoms with Crippen molar-refractivity contribution in [1.29, 1.82) is 5.26 Å². The first-order valence-electron chi connectivity index (χ1n) is 7.24. The van der Waals surface area contributed by atoms with E-state index in [4.69, 9.17) is 18.2 Å². The Kier molecular flexibility index (Phi) is 4.00. The van der Waals surface area contributed by atoms with Crippen molar-refractivity contribution < 1.29 is 10.2 Å². The number of nitriles is 1. The Balaban J connectivity index is 2.09. The number of rotatable bonds is 3. The molecular weight excluding hydrogens is 334 g/mol. The van der Waals surface area contributed by atoms with E-state index in [2.05, 4.69) is 15.3 Å². The van der Waals surface area contributed by atoms with Crippen molar-refractivity contribution in [2.75, 3.05) is 5.32 Å². The lowest BCUT2D eigenvalue weighted by atomic mass is 10.1. The Hall–Kier alpha value is -3.04. The fourth-order valence-corrected chi connectivity index (χ4v) is 2.31. The van der Waals surface area contributed by atoms with Crippen LogP contribution in [-0.4, -0.2) is 9.97 Å². The Labute approximate surface area is 142 Å². The first-order valence-corrected chi connectivity index (χ1v) is 7.12. The van der Waals surface area contributed by atoms with Gasteiger partial charge in [-0.15, -0.1) is 0 Å². The highest BCUT2D eigenvalue weighted by Gasteiger charge is 2.13. The number of hydrogen-bond acceptors (Lipinski definition) is 4. The predicted molar refractivity (Wildman–Crippen MR) is 88.8 cm³/mol. The van der Waals surface area contributed by atoms with Crippen LogP contribution in [0.2, 0.25) is 5.02 Å². The van der Waals surface area contributed by atoms with Crippen LogP contribution < -0.4 is 5.32 Å². The van der Waals surface area contributed by atoms with E-state index in [1.165, 1.54) is 6.08 Å². The topological polar surface area (TPSA) is 61.6 Å². The van der Waals surface area contributed by atoms with E-state index >= 15 is 0 Å². The molecule has 1 N–H and O–H groups in total. The van der Waals surface area contributed by atoms with Crippen molar-refractivity contribution in [2.24, 2.45) is 0 Å². The lowest BCUT2D eigenvalue weighted by Gasteiger charge is -2.11. The first-order chi connectivity index (χ1) is 12.0. The number of nitrogens with zero attached hydrogens (tertiary/aromatic N) is 3. The molecule has 0 saturated heterocycles. The molecule has 1 aromatic heterocycles. The summed E-state index contributed by atoms with van der Waals surface area (Å²) in [5, 5.41) is 11.9. The van der Waals surface area contributed by atoms with Gasteiger partial charge in [0.2, 0.25) is 0 Å². The summed E-state index contributed by atoms with van der Waals surface area (Å²) in [7, 11) is 0. The third kappa shape index (κ3) is 3.16. The minimum absolute atomic E-state index is 0.0654. The molecule has 0 amide bonds. The Morgan fingerprint density at radius 2 is 1.96 bits per heavy atom. The maximum atomic E-state index is 14.3. The molecule has 0 aliphatic heterocycles. The summed E-state index contributed by atoms with van der Waals surface area (Å²) in [6.07, 6.45) is 2.11. The van der Waals surface area contributed by atoms with Gasteiger partial charge in [0.15, 0.2) is 0 Å². The number of aromatic nitrogens is 2. The molecule has 0 fully saturated rings. The third-order valence-electron chi connectivity index (χ3n) is 3.20. The molecule has 0 unspecified atom stereocenters. The summed E-state index contributed by atoms with van der Waals surface area (Å²) in [6.45, 7) is 0. The molecule has 1 heterocycles. The summed E-state index contributed by atoms with van der Waals surface area (Å²) in [4.78, 5) is 7.83. The third-order valence-corrected chi connectivity index (χ3v) is 3.44. The van der Waals surface area contributed by atoms with Gasteiger partial charge in [-0.3, -0.25) is 0 Å². The number of hydrogen-bond donors (Lipinski definition) is 1. The largest absolute Gasteiger partial charge is 0.335 e. The van der Waals surface area contributed by atoms with Crippen LogP contribution >= 0.6 is 11.6 Å². The van der Waals surface area contributed by atoms with Crippen molar-refractivity contribution in [3.8, 4) is 6.07 Å². The number of halogens is 3. The first kappa shape index (κ1) is 14.5. The second-order valence-electron chi connectivity index (χ2n) is 4.78. The normalized spacial score (nSPS) is 11.5. The van der Waals surface area contributed by atoms with E-state index in [1.54, 1.807) is 24.3 Å². The number of anilines is 2. The van der Waals surface area contributed by atoms with Crippen LogP contribution in [0.25, 0.3) is 17.0 Å². The van der Waals surface area contributed by atoms with Crippen LogP contribution in [0.1, 0.15) is 6.93 Å². The highest BCUT2D eigenvalue weighted by molar-refractivity contribution is 6.31. The minimum atomic E-state index is -0.863. The van der Waals surface area contributed by atoms with Gasteiger partial charge in [-0.1, -0.05) is 11.6 Å².